The van der Waals surface area contributed by atoms with Crippen molar-refractivity contribution in [1.82, 2.24) is 0 Å². The summed E-state index contributed by atoms with van der Waals surface area (Å²) in [6.07, 6.45) is 1.25. The SMILES string of the molecule is NC(N=C(N=Cc1ccc(-c2ccccc2)cc1)c1ccccc1)c1ccc(-c2cccc(-c3ccc4c(c3)C3(c5ccccc5Oc5ccccc53)c3ccccc3-4)c2)cc1. The fourth-order valence-corrected chi connectivity index (χ4v) is 9.29. The summed E-state index contributed by atoms with van der Waals surface area (Å²) in [7, 11) is 0. The molecule has 2 aliphatic rings. The predicted molar refractivity (Wildman–Crippen MR) is 254 cm³/mol. The zero-order valence-electron chi connectivity index (χ0n) is 33.9. The largest absolute Gasteiger partial charge is 0.457 e. The zero-order chi connectivity index (χ0) is 41.5. The van der Waals surface area contributed by atoms with E-state index in [0.29, 0.717) is 5.84 Å². The van der Waals surface area contributed by atoms with E-state index in [1.807, 2.05) is 42.6 Å². The van der Waals surface area contributed by atoms with E-state index in [1.165, 1.54) is 27.8 Å². The van der Waals surface area contributed by atoms with Crippen molar-refractivity contribution in [2.24, 2.45) is 15.7 Å². The van der Waals surface area contributed by atoms with Gasteiger partial charge >= 0.3 is 0 Å². The number of hydrogen-bond acceptors (Lipinski definition) is 3. The Morgan fingerprint density at radius 1 is 0.435 bits per heavy atom. The van der Waals surface area contributed by atoms with Crippen LogP contribution in [0.4, 0.5) is 0 Å². The number of amidine groups is 1. The van der Waals surface area contributed by atoms with Gasteiger partial charge < -0.3 is 10.5 Å². The summed E-state index contributed by atoms with van der Waals surface area (Å²) in [6.45, 7) is 0. The van der Waals surface area contributed by atoms with Crippen LogP contribution in [0.25, 0.3) is 44.5 Å². The van der Waals surface area contributed by atoms with Crippen molar-refractivity contribution in [3.63, 3.8) is 0 Å². The van der Waals surface area contributed by atoms with Gasteiger partial charge in [0.2, 0.25) is 0 Å². The third-order valence-corrected chi connectivity index (χ3v) is 12.3. The summed E-state index contributed by atoms with van der Waals surface area (Å²) in [6, 6.07) is 78.8. The minimum Gasteiger partial charge on any atom is -0.457 e. The van der Waals surface area contributed by atoms with Crippen molar-refractivity contribution >= 4 is 12.1 Å². The van der Waals surface area contributed by atoms with Crippen LogP contribution in [-0.2, 0) is 5.41 Å². The van der Waals surface area contributed by atoms with Crippen molar-refractivity contribution in [3.05, 3.63) is 263 Å². The number of nitrogens with two attached hydrogens (primary N) is 1. The molecule has 62 heavy (non-hydrogen) atoms. The molecule has 0 amide bonds. The van der Waals surface area contributed by atoms with Crippen LogP contribution in [0.2, 0.25) is 0 Å². The van der Waals surface area contributed by atoms with E-state index in [0.717, 1.165) is 67.1 Å². The Morgan fingerprint density at radius 2 is 0.935 bits per heavy atom. The summed E-state index contributed by atoms with van der Waals surface area (Å²) in [5, 5.41) is 0. The molecule has 1 heterocycles. The summed E-state index contributed by atoms with van der Waals surface area (Å²) in [5.74, 6) is 2.36. The highest BCUT2D eigenvalue weighted by Gasteiger charge is 2.51. The maximum Gasteiger partial charge on any atom is 0.156 e. The van der Waals surface area contributed by atoms with Gasteiger partial charge in [-0.3, -0.25) is 0 Å². The highest BCUT2D eigenvalue weighted by molar-refractivity contribution is 6.05. The highest BCUT2D eigenvalue weighted by atomic mass is 16.5. The predicted octanol–water partition coefficient (Wildman–Crippen LogP) is 13.7. The molecule has 1 aliphatic heterocycles. The van der Waals surface area contributed by atoms with Crippen molar-refractivity contribution in [2.75, 3.05) is 0 Å². The second-order valence-electron chi connectivity index (χ2n) is 15.9. The average Bonchev–Trinajstić information content (AvgIpc) is 3.63. The van der Waals surface area contributed by atoms with Crippen LogP contribution in [-0.4, -0.2) is 12.1 Å². The number of para-hydroxylation sites is 2. The Labute approximate surface area is 362 Å². The van der Waals surface area contributed by atoms with Gasteiger partial charge in [-0.25, -0.2) is 9.98 Å². The van der Waals surface area contributed by atoms with Gasteiger partial charge in [-0.2, -0.15) is 0 Å². The smallest absolute Gasteiger partial charge is 0.156 e. The molecule has 1 atom stereocenters. The highest BCUT2D eigenvalue weighted by Crippen LogP contribution is 2.62. The summed E-state index contributed by atoms with van der Waals surface area (Å²) < 4.78 is 6.56. The Balaban J connectivity index is 0.901. The van der Waals surface area contributed by atoms with E-state index in [9.17, 15) is 0 Å². The summed E-state index contributed by atoms with van der Waals surface area (Å²) >= 11 is 0. The molecular weight excluding hydrogens is 755 g/mol. The molecule has 0 saturated carbocycles. The van der Waals surface area contributed by atoms with Crippen LogP contribution in [0.5, 0.6) is 11.5 Å². The monoisotopic (exact) mass is 795 g/mol. The second-order valence-corrected chi connectivity index (χ2v) is 15.9. The van der Waals surface area contributed by atoms with Gasteiger partial charge in [0.25, 0.3) is 0 Å². The molecular formula is C58H41N3O. The van der Waals surface area contributed by atoms with Crippen molar-refractivity contribution in [1.29, 1.82) is 0 Å². The van der Waals surface area contributed by atoms with Gasteiger partial charge in [-0.1, -0.05) is 200 Å². The molecule has 0 aromatic heterocycles. The Kier molecular flexibility index (Phi) is 9.33. The molecule has 2 N–H and O–H groups in total. The number of ether oxygens (including phenoxy) is 1. The van der Waals surface area contributed by atoms with Crippen LogP contribution < -0.4 is 10.5 Å². The number of hydrogen-bond donors (Lipinski definition) is 1. The van der Waals surface area contributed by atoms with Gasteiger partial charge in [0.1, 0.15) is 17.7 Å². The Bertz CT molecular complexity index is 3110. The topological polar surface area (TPSA) is 60.0 Å². The molecule has 4 heteroatoms. The lowest BCUT2D eigenvalue weighted by molar-refractivity contribution is 0.436. The van der Waals surface area contributed by atoms with Crippen LogP contribution >= 0.6 is 0 Å². The van der Waals surface area contributed by atoms with Crippen molar-refractivity contribution in [2.45, 2.75) is 11.6 Å². The van der Waals surface area contributed by atoms with Gasteiger partial charge in [-0.15, -0.1) is 0 Å². The van der Waals surface area contributed by atoms with Crippen LogP contribution in [0.1, 0.15) is 45.1 Å². The van der Waals surface area contributed by atoms with Crippen LogP contribution in [0.3, 0.4) is 0 Å². The lowest BCUT2D eigenvalue weighted by Crippen LogP contribution is -2.32. The molecule has 11 rings (SSSR count). The molecule has 294 valence electrons. The van der Waals surface area contributed by atoms with Gasteiger partial charge in [0.05, 0.1) is 5.41 Å². The molecule has 1 unspecified atom stereocenters. The Morgan fingerprint density at radius 3 is 1.65 bits per heavy atom. The van der Waals surface area contributed by atoms with Crippen LogP contribution in [0.15, 0.2) is 234 Å². The van der Waals surface area contributed by atoms with E-state index >= 15 is 0 Å². The first kappa shape index (κ1) is 37.1. The van der Waals surface area contributed by atoms with E-state index in [2.05, 4.69) is 188 Å². The van der Waals surface area contributed by atoms with Gasteiger partial charge in [0, 0.05) is 22.9 Å². The lowest BCUT2D eigenvalue weighted by Gasteiger charge is -2.39. The second kappa shape index (κ2) is 15.6. The molecule has 0 radical (unpaired) electrons. The maximum absolute atomic E-state index is 6.80. The standard InChI is InChI=1S/C58H41N3O/c59-56(61-57(44-16-5-2-6-17-44)60-38-39-26-28-41(29-27-39)40-14-3-1-4-15-40)43-32-30-42(31-33-43)45-18-13-19-46(36-45)47-34-35-49-48-20-7-8-21-50(48)58(53(49)37-47)51-22-9-11-24-54(51)62-55-25-12-10-23-52(55)58/h1-38,56H,59H2. The number of benzene rings is 9. The van der Waals surface area contributed by atoms with Gasteiger partial charge in [0.15, 0.2) is 5.84 Å². The molecule has 0 fully saturated rings. The van der Waals surface area contributed by atoms with E-state index in [4.69, 9.17) is 20.5 Å². The van der Waals surface area contributed by atoms with Crippen LogP contribution in [0, 0.1) is 0 Å². The molecule has 9 aromatic rings. The fraction of sp³-hybridized carbons (Fsp3) is 0.0345. The van der Waals surface area contributed by atoms with E-state index in [1.54, 1.807) is 0 Å². The average molecular weight is 796 g/mol. The molecule has 0 bridgehead atoms. The first-order valence-electron chi connectivity index (χ1n) is 21.0. The van der Waals surface area contributed by atoms with E-state index in [-0.39, 0.29) is 0 Å². The number of rotatable bonds is 7. The normalized spacial score (nSPS) is 13.8. The maximum atomic E-state index is 6.80. The Hall–Kier alpha value is -7.92. The number of fused-ring (bicyclic) bond motifs is 9. The minimum atomic E-state index is -0.605. The molecule has 9 aromatic carbocycles. The minimum absolute atomic E-state index is 0.512. The molecule has 1 aliphatic carbocycles. The fourth-order valence-electron chi connectivity index (χ4n) is 9.29. The first-order chi connectivity index (χ1) is 30.6. The molecule has 4 nitrogen and oxygen atoms in total. The quantitative estimate of drug-likeness (QED) is 0.129. The number of nitrogens with zero attached hydrogens (tertiary/aromatic N) is 2. The van der Waals surface area contributed by atoms with Gasteiger partial charge in [-0.05, 0) is 91.0 Å². The zero-order valence-corrected chi connectivity index (χ0v) is 33.9. The third-order valence-electron chi connectivity index (χ3n) is 12.3. The number of aliphatic imine (C=N–C) groups is 2. The third kappa shape index (κ3) is 6.46. The molecule has 0 saturated heterocycles. The van der Waals surface area contributed by atoms with Crippen molar-refractivity contribution in [3.8, 4) is 56.0 Å². The summed E-state index contributed by atoms with van der Waals surface area (Å²) in [5.41, 5.74) is 23.3. The lowest BCUT2D eigenvalue weighted by atomic mass is 9.66. The van der Waals surface area contributed by atoms with Crippen molar-refractivity contribution < 1.29 is 4.74 Å². The summed E-state index contributed by atoms with van der Waals surface area (Å²) in [4.78, 5) is 9.81. The van der Waals surface area contributed by atoms with E-state index < -0.39 is 11.6 Å². The molecule has 1 spiro atoms. The first-order valence-corrected chi connectivity index (χ1v) is 21.0.